The SMILES string of the molecule is [CH3][Sn]([CH3])([CH3])/[CH]=C/C1CN(C(=O)O)C1. The van der Waals surface area contributed by atoms with E-state index in [9.17, 15) is 4.79 Å². The third-order valence-electron chi connectivity index (χ3n) is 2.05. The first-order valence-corrected chi connectivity index (χ1v) is 14.8. The molecule has 0 aromatic heterocycles. The molecule has 1 aliphatic heterocycles. The summed E-state index contributed by atoms with van der Waals surface area (Å²) in [6.07, 6.45) is 1.43. The molecule has 1 rings (SSSR count). The molecule has 0 saturated carbocycles. The summed E-state index contributed by atoms with van der Waals surface area (Å²) in [4.78, 5) is 18.9. The number of likely N-dealkylation sites (tertiary alicyclic amines) is 1. The molecule has 0 bridgehead atoms. The van der Waals surface area contributed by atoms with Gasteiger partial charge in [0.1, 0.15) is 0 Å². The van der Waals surface area contributed by atoms with Gasteiger partial charge in [-0.25, -0.2) is 0 Å². The van der Waals surface area contributed by atoms with Gasteiger partial charge in [-0.15, -0.1) is 0 Å². The Bertz CT molecular complexity index is 226. The van der Waals surface area contributed by atoms with Gasteiger partial charge in [-0.3, -0.25) is 0 Å². The fourth-order valence-corrected chi connectivity index (χ4v) is 3.64. The van der Waals surface area contributed by atoms with Crippen LogP contribution in [0.4, 0.5) is 4.79 Å². The van der Waals surface area contributed by atoms with Gasteiger partial charge in [0.25, 0.3) is 0 Å². The summed E-state index contributed by atoms with van der Waals surface area (Å²) in [5.74, 6) is 0.479. The van der Waals surface area contributed by atoms with Gasteiger partial charge in [-0.1, -0.05) is 0 Å². The van der Waals surface area contributed by atoms with Crippen LogP contribution in [0.25, 0.3) is 0 Å². The van der Waals surface area contributed by atoms with Gasteiger partial charge in [0.15, 0.2) is 0 Å². The Morgan fingerprint density at radius 3 is 2.38 bits per heavy atom. The van der Waals surface area contributed by atoms with Gasteiger partial charge in [0.05, 0.1) is 0 Å². The number of nitrogens with zero attached hydrogens (tertiary/aromatic N) is 1. The monoisotopic (exact) mass is 291 g/mol. The van der Waals surface area contributed by atoms with E-state index in [0.717, 1.165) is 0 Å². The molecule has 0 aromatic carbocycles. The van der Waals surface area contributed by atoms with Crippen LogP contribution in [-0.2, 0) is 0 Å². The van der Waals surface area contributed by atoms with E-state index in [-0.39, 0.29) is 0 Å². The average Bonchev–Trinajstić information content (AvgIpc) is 1.79. The third kappa shape index (κ3) is 3.58. The Hall–Kier alpha value is -0.191. The van der Waals surface area contributed by atoms with Crippen molar-refractivity contribution >= 4 is 24.5 Å². The molecule has 74 valence electrons. The molecule has 1 aliphatic rings. The second-order valence-electron chi connectivity index (χ2n) is 4.67. The minimum absolute atomic E-state index is 0.479. The van der Waals surface area contributed by atoms with Crippen molar-refractivity contribution in [2.45, 2.75) is 14.8 Å². The molecule has 1 fully saturated rings. The fourth-order valence-electron chi connectivity index (χ4n) is 1.22. The molecular weight excluding hydrogens is 273 g/mol. The summed E-state index contributed by atoms with van der Waals surface area (Å²) in [5, 5.41) is 8.59. The molecule has 1 saturated heterocycles. The van der Waals surface area contributed by atoms with Crippen LogP contribution in [0.1, 0.15) is 0 Å². The second-order valence-corrected chi connectivity index (χ2v) is 19.1. The number of hydrogen-bond acceptors (Lipinski definition) is 1. The fraction of sp³-hybridized carbons (Fsp3) is 0.667. The van der Waals surface area contributed by atoms with E-state index in [1.165, 1.54) is 4.90 Å². The Morgan fingerprint density at radius 2 is 2.00 bits per heavy atom. The predicted molar refractivity (Wildman–Crippen MR) is 55.6 cm³/mol. The van der Waals surface area contributed by atoms with Crippen LogP contribution >= 0.6 is 0 Å². The van der Waals surface area contributed by atoms with E-state index in [1.54, 1.807) is 0 Å². The number of amides is 1. The quantitative estimate of drug-likeness (QED) is 0.790. The summed E-state index contributed by atoms with van der Waals surface area (Å²) in [7, 11) is 0. The normalized spacial score (nSPS) is 19.2. The summed E-state index contributed by atoms with van der Waals surface area (Å²) >= 11 is -1.76. The second kappa shape index (κ2) is 3.90. The number of carbonyl (C=O) groups is 1. The van der Waals surface area contributed by atoms with Crippen LogP contribution in [0, 0.1) is 5.92 Å². The number of carboxylic acid groups (broad SMARTS) is 1. The van der Waals surface area contributed by atoms with E-state index in [1.807, 2.05) is 0 Å². The van der Waals surface area contributed by atoms with Crippen molar-refractivity contribution < 1.29 is 9.90 Å². The zero-order chi connectivity index (χ0) is 10.1. The first-order valence-electron chi connectivity index (χ1n) is 4.56. The zero-order valence-electron chi connectivity index (χ0n) is 8.45. The summed E-state index contributed by atoms with van der Waals surface area (Å²) in [6.45, 7) is 1.38. The summed E-state index contributed by atoms with van der Waals surface area (Å²) < 4.78 is 2.36. The van der Waals surface area contributed by atoms with E-state index in [0.29, 0.717) is 19.0 Å². The average molecular weight is 290 g/mol. The Labute approximate surface area is 83.3 Å². The molecule has 1 amide bonds. The Kier molecular flexibility index (Phi) is 3.27. The molecule has 0 aromatic rings. The first-order chi connectivity index (χ1) is 5.88. The predicted octanol–water partition coefficient (Wildman–Crippen LogP) is 2.03. The van der Waals surface area contributed by atoms with Crippen molar-refractivity contribution in [3.8, 4) is 0 Å². The number of rotatable bonds is 2. The Morgan fingerprint density at radius 1 is 1.46 bits per heavy atom. The zero-order valence-corrected chi connectivity index (χ0v) is 11.3. The summed E-state index contributed by atoms with van der Waals surface area (Å²) in [5.41, 5.74) is 0. The number of hydrogen-bond donors (Lipinski definition) is 1. The van der Waals surface area contributed by atoms with Gasteiger partial charge in [0, 0.05) is 0 Å². The molecule has 4 heteroatoms. The van der Waals surface area contributed by atoms with Gasteiger partial charge < -0.3 is 0 Å². The van der Waals surface area contributed by atoms with Crippen molar-refractivity contribution in [1.82, 2.24) is 4.90 Å². The van der Waals surface area contributed by atoms with Crippen molar-refractivity contribution in [3.05, 3.63) is 10.2 Å². The van der Waals surface area contributed by atoms with Crippen molar-refractivity contribution in [1.29, 1.82) is 0 Å². The van der Waals surface area contributed by atoms with Crippen molar-refractivity contribution in [3.63, 3.8) is 0 Å². The molecule has 13 heavy (non-hydrogen) atoms. The molecule has 0 atom stereocenters. The van der Waals surface area contributed by atoms with E-state index in [4.69, 9.17) is 5.11 Å². The van der Waals surface area contributed by atoms with Gasteiger partial charge in [-0.2, -0.15) is 0 Å². The molecule has 0 radical (unpaired) electrons. The molecule has 0 unspecified atom stereocenters. The molecule has 0 spiro atoms. The van der Waals surface area contributed by atoms with Crippen LogP contribution in [0.3, 0.4) is 0 Å². The van der Waals surface area contributed by atoms with E-state index >= 15 is 0 Å². The van der Waals surface area contributed by atoms with E-state index in [2.05, 4.69) is 25.0 Å². The van der Waals surface area contributed by atoms with Crippen LogP contribution in [0.15, 0.2) is 10.2 Å². The first kappa shape index (κ1) is 10.9. The van der Waals surface area contributed by atoms with Crippen LogP contribution < -0.4 is 0 Å². The Balaban J connectivity index is 2.29. The maximum absolute atomic E-state index is 10.4. The van der Waals surface area contributed by atoms with Gasteiger partial charge >= 0.3 is 83.3 Å². The molecular formula is C9H17NO2Sn. The third-order valence-corrected chi connectivity index (χ3v) is 5.45. The van der Waals surface area contributed by atoms with Crippen molar-refractivity contribution in [2.75, 3.05) is 13.1 Å². The standard InChI is InChI=1S/C6H8NO2.3CH3.Sn/c1-2-5-3-7(4-5)6(8)9;;;;/h1-2,5H,3-4H2,(H,8,9);3*1H3;. The molecule has 1 heterocycles. The van der Waals surface area contributed by atoms with E-state index < -0.39 is 24.5 Å². The summed E-state index contributed by atoms with van der Waals surface area (Å²) in [6, 6.07) is 0. The molecule has 3 nitrogen and oxygen atoms in total. The van der Waals surface area contributed by atoms with Crippen LogP contribution in [0.5, 0.6) is 0 Å². The molecule has 1 N–H and O–H groups in total. The van der Waals surface area contributed by atoms with Crippen LogP contribution in [0.2, 0.25) is 14.8 Å². The van der Waals surface area contributed by atoms with Gasteiger partial charge in [0.2, 0.25) is 0 Å². The molecule has 0 aliphatic carbocycles. The van der Waals surface area contributed by atoms with Gasteiger partial charge in [-0.05, 0) is 0 Å². The van der Waals surface area contributed by atoms with Crippen LogP contribution in [-0.4, -0.2) is 47.6 Å². The topological polar surface area (TPSA) is 40.5 Å². The maximum atomic E-state index is 10.4. The van der Waals surface area contributed by atoms with Crippen molar-refractivity contribution in [2.24, 2.45) is 5.92 Å². The minimum atomic E-state index is -1.76.